The summed E-state index contributed by atoms with van der Waals surface area (Å²) >= 11 is 0. The smallest absolute Gasteiger partial charge is 0.193 e. The maximum Gasteiger partial charge on any atom is 0.193 e. The lowest BCUT2D eigenvalue weighted by Crippen LogP contribution is -2.41. The number of ether oxygens (including phenoxy) is 1. The molecule has 2 aliphatic rings. The molecule has 1 heterocycles. The molecule has 1 unspecified atom stereocenters. The van der Waals surface area contributed by atoms with E-state index >= 15 is 0 Å². The molecule has 2 fully saturated rings. The van der Waals surface area contributed by atoms with E-state index in [1.165, 1.54) is 32.1 Å². The molecule has 5 heteroatoms. The molecule has 0 bridgehead atoms. The molecule has 2 rings (SSSR count). The second kappa shape index (κ2) is 9.36. The Labute approximate surface area is 136 Å². The fraction of sp³-hybridized carbons (Fsp3) is 0.941. The summed E-state index contributed by atoms with van der Waals surface area (Å²) in [5.74, 6) is 1.73. The average Bonchev–Trinajstić information content (AvgIpc) is 3.18. The Hall–Kier alpha value is -0.810. The summed E-state index contributed by atoms with van der Waals surface area (Å²) < 4.78 is 5.29. The Balaban J connectivity index is 1.79. The predicted molar refractivity (Wildman–Crippen MR) is 92.4 cm³/mol. The second-order valence-electron chi connectivity index (χ2n) is 6.71. The summed E-state index contributed by atoms with van der Waals surface area (Å²) in [6.45, 7) is 8.05. The number of hydrogen-bond acceptors (Lipinski definition) is 3. The number of aliphatic imine (C=N–C) groups is 1. The van der Waals surface area contributed by atoms with Crippen LogP contribution in [0.5, 0.6) is 0 Å². The van der Waals surface area contributed by atoms with Crippen molar-refractivity contribution in [1.82, 2.24) is 15.1 Å². The topological polar surface area (TPSA) is 40.1 Å². The van der Waals surface area contributed by atoms with Crippen LogP contribution in [0.25, 0.3) is 0 Å². The molecule has 0 radical (unpaired) electrons. The molecular weight excluding hydrogens is 276 g/mol. The molecular formula is C17H34N4O. The van der Waals surface area contributed by atoms with Crippen LogP contribution >= 0.6 is 0 Å². The van der Waals surface area contributed by atoms with Crippen LogP contribution in [0.1, 0.15) is 39.0 Å². The number of methoxy groups -OCH3 is 1. The molecule has 5 nitrogen and oxygen atoms in total. The molecule has 1 saturated carbocycles. The van der Waals surface area contributed by atoms with Gasteiger partial charge in [0.2, 0.25) is 0 Å². The van der Waals surface area contributed by atoms with E-state index in [4.69, 9.17) is 9.73 Å². The normalized spacial score (nSPS) is 23.7. The zero-order valence-corrected chi connectivity index (χ0v) is 14.7. The summed E-state index contributed by atoms with van der Waals surface area (Å²) in [6, 6.07) is 0.788. The van der Waals surface area contributed by atoms with Crippen molar-refractivity contribution in [3.8, 4) is 0 Å². The first-order chi connectivity index (χ1) is 10.7. The lowest BCUT2D eigenvalue weighted by molar-refractivity contribution is 0.157. The van der Waals surface area contributed by atoms with Crippen molar-refractivity contribution in [1.29, 1.82) is 0 Å². The Morgan fingerprint density at radius 1 is 1.32 bits per heavy atom. The minimum absolute atomic E-state index is 0.648. The predicted octanol–water partition coefficient (Wildman–Crippen LogP) is 1.79. The van der Waals surface area contributed by atoms with Crippen LogP contribution in [0.4, 0.5) is 0 Å². The zero-order valence-electron chi connectivity index (χ0n) is 14.7. The summed E-state index contributed by atoms with van der Waals surface area (Å²) in [6.07, 6.45) is 6.74. The van der Waals surface area contributed by atoms with Gasteiger partial charge < -0.3 is 19.9 Å². The van der Waals surface area contributed by atoms with Crippen LogP contribution < -0.4 is 5.32 Å². The maximum atomic E-state index is 5.29. The molecule has 22 heavy (non-hydrogen) atoms. The molecule has 0 aromatic heterocycles. The molecule has 1 N–H and O–H groups in total. The van der Waals surface area contributed by atoms with E-state index in [0.29, 0.717) is 5.92 Å². The highest BCUT2D eigenvalue weighted by Gasteiger charge is 2.24. The molecule has 128 valence electrons. The summed E-state index contributed by atoms with van der Waals surface area (Å²) in [5.41, 5.74) is 0. The Bertz CT molecular complexity index is 342. The zero-order chi connectivity index (χ0) is 15.8. The van der Waals surface area contributed by atoms with Gasteiger partial charge in [-0.3, -0.25) is 4.99 Å². The molecule has 0 spiro atoms. The fourth-order valence-electron chi connectivity index (χ4n) is 3.66. The van der Waals surface area contributed by atoms with Crippen molar-refractivity contribution in [3.05, 3.63) is 0 Å². The molecule has 1 aliphatic heterocycles. The fourth-order valence-corrected chi connectivity index (χ4v) is 3.66. The van der Waals surface area contributed by atoms with E-state index in [2.05, 4.69) is 29.1 Å². The van der Waals surface area contributed by atoms with Gasteiger partial charge in [-0.15, -0.1) is 0 Å². The first kappa shape index (κ1) is 17.5. The summed E-state index contributed by atoms with van der Waals surface area (Å²) in [7, 11) is 4.05. The van der Waals surface area contributed by atoms with Gasteiger partial charge in [-0.25, -0.2) is 0 Å². The van der Waals surface area contributed by atoms with E-state index in [-0.39, 0.29) is 0 Å². The Morgan fingerprint density at radius 3 is 2.77 bits per heavy atom. The number of likely N-dealkylation sites (tertiary alicyclic amines) is 1. The van der Waals surface area contributed by atoms with Gasteiger partial charge in [0.05, 0.1) is 13.2 Å². The number of rotatable bonds is 7. The van der Waals surface area contributed by atoms with E-state index < -0.39 is 0 Å². The van der Waals surface area contributed by atoms with Gasteiger partial charge in [-0.1, -0.05) is 12.8 Å². The van der Waals surface area contributed by atoms with Crippen molar-refractivity contribution >= 4 is 5.96 Å². The van der Waals surface area contributed by atoms with Crippen LogP contribution in [0.3, 0.4) is 0 Å². The van der Waals surface area contributed by atoms with E-state index in [1.807, 2.05) is 0 Å². The Morgan fingerprint density at radius 2 is 2.09 bits per heavy atom. The van der Waals surface area contributed by atoms with Crippen molar-refractivity contribution in [2.75, 3.05) is 53.5 Å². The lowest BCUT2D eigenvalue weighted by atomic mass is 10.1. The van der Waals surface area contributed by atoms with E-state index in [0.717, 1.165) is 51.3 Å². The Kier molecular flexibility index (Phi) is 7.46. The summed E-state index contributed by atoms with van der Waals surface area (Å²) in [4.78, 5) is 9.74. The van der Waals surface area contributed by atoms with Crippen LogP contribution in [0.2, 0.25) is 0 Å². The van der Waals surface area contributed by atoms with Gasteiger partial charge in [-0.2, -0.15) is 0 Å². The van der Waals surface area contributed by atoms with E-state index in [9.17, 15) is 0 Å². The summed E-state index contributed by atoms with van der Waals surface area (Å²) in [5, 5.41) is 3.45. The SMILES string of the molecule is CCNC(=NCCN(C)C1CCCC1)N1CCC(COC)C1. The number of nitrogens with zero attached hydrogens (tertiary/aromatic N) is 3. The van der Waals surface area contributed by atoms with Crippen molar-refractivity contribution in [2.24, 2.45) is 10.9 Å². The third-order valence-corrected chi connectivity index (χ3v) is 4.98. The third-order valence-electron chi connectivity index (χ3n) is 4.98. The standard InChI is InChI=1S/C17H34N4O/c1-4-18-17(21-11-9-15(13-21)14-22-3)19-10-12-20(2)16-7-5-6-8-16/h15-16H,4-14H2,1-3H3,(H,18,19). The molecule has 1 aliphatic carbocycles. The number of guanidine groups is 1. The lowest BCUT2D eigenvalue weighted by Gasteiger charge is -2.24. The van der Waals surface area contributed by atoms with Crippen LogP contribution in [-0.4, -0.2) is 75.3 Å². The van der Waals surface area contributed by atoms with Crippen molar-refractivity contribution in [2.45, 2.75) is 45.1 Å². The molecule has 0 aromatic rings. The maximum absolute atomic E-state index is 5.29. The van der Waals surface area contributed by atoms with Crippen LogP contribution in [0, 0.1) is 5.92 Å². The molecule has 0 amide bonds. The monoisotopic (exact) mass is 310 g/mol. The molecule has 1 atom stereocenters. The minimum atomic E-state index is 0.648. The van der Waals surface area contributed by atoms with Gasteiger partial charge in [0.25, 0.3) is 0 Å². The average molecular weight is 310 g/mol. The number of likely N-dealkylation sites (N-methyl/N-ethyl adjacent to an activating group) is 1. The van der Waals surface area contributed by atoms with Crippen LogP contribution in [0.15, 0.2) is 4.99 Å². The molecule has 1 saturated heterocycles. The third kappa shape index (κ3) is 5.13. The minimum Gasteiger partial charge on any atom is -0.384 e. The van der Waals surface area contributed by atoms with Gasteiger partial charge in [0.15, 0.2) is 5.96 Å². The quantitative estimate of drug-likeness (QED) is 0.575. The largest absolute Gasteiger partial charge is 0.384 e. The number of nitrogens with one attached hydrogen (secondary N) is 1. The highest BCUT2D eigenvalue weighted by atomic mass is 16.5. The van der Waals surface area contributed by atoms with Crippen LogP contribution in [-0.2, 0) is 4.74 Å². The van der Waals surface area contributed by atoms with Gasteiger partial charge >= 0.3 is 0 Å². The van der Waals surface area contributed by atoms with Gasteiger partial charge in [-0.05, 0) is 33.2 Å². The van der Waals surface area contributed by atoms with Gasteiger partial charge in [0, 0.05) is 45.2 Å². The first-order valence-corrected chi connectivity index (χ1v) is 8.97. The van der Waals surface area contributed by atoms with Crippen molar-refractivity contribution < 1.29 is 4.74 Å². The highest BCUT2D eigenvalue weighted by molar-refractivity contribution is 5.80. The van der Waals surface area contributed by atoms with Crippen molar-refractivity contribution in [3.63, 3.8) is 0 Å². The first-order valence-electron chi connectivity index (χ1n) is 8.97. The van der Waals surface area contributed by atoms with Gasteiger partial charge in [0.1, 0.15) is 0 Å². The second-order valence-corrected chi connectivity index (χ2v) is 6.71. The van der Waals surface area contributed by atoms with E-state index in [1.54, 1.807) is 7.11 Å². The highest BCUT2D eigenvalue weighted by Crippen LogP contribution is 2.22. The molecule has 0 aromatic carbocycles. The number of hydrogen-bond donors (Lipinski definition) is 1.